The van der Waals surface area contributed by atoms with Crippen molar-refractivity contribution in [2.75, 3.05) is 5.32 Å². The number of rotatable bonds is 4. The highest BCUT2D eigenvalue weighted by Crippen LogP contribution is 2.25. The van der Waals surface area contributed by atoms with E-state index in [4.69, 9.17) is 0 Å². The van der Waals surface area contributed by atoms with Crippen LogP contribution in [0.5, 0.6) is 0 Å². The van der Waals surface area contributed by atoms with Crippen molar-refractivity contribution in [3.05, 3.63) is 29.3 Å². The third kappa shape index (κ3) is 2.53. The molecule has 0 radical (unpaired) electrons. The van der Waals surface area contributed by atoms with Crippen LogP contribution in [-0.2, 0) is 12.8 Å². The molecule has 0 aromatic heterocycles. The van der Waals surface area contributed by atoms with Gasteiger partial charge in [0.15, 0.2) is 0 Å². The minimum Gasteiger partial charge on any atom is -0.383 e. The molecule has 1 heteroatoms. The first-order valence-electron chi connectivity index (χ1n) is 6.18. The summed E-state index contributed by atoms with van der Waals surface area (Å²) in [5, 5.41) is 3.57. The molecule has 0 saturated heterocycles. The van der Waals surface area contributed by atoms with Gasteiger partial charge in [-0.15, -0.1) is 0 Å². The predicted molar refractivity (Wildman–Crippen MR) is 66.5 cm³/mol. The fourth-order valence-electron chi connectivity index (χ4n) is 2.45. The zero-order chi connectivity index (χ0) is 10.7. The van der Waals surface area contributed by atoms with Crippen molar-refractivity contribution in [3.63, 3.8) is 0 Å². The van der Waals surface area contributed by atoms with Crippen LogP contribution >= 0.6 is 0 Å². The SMILES string of the molecule is CCCC(C)Nc1ccc2c(c1)CCC2. The Kier molecular flexibility index (Phi) is 3.30. The van der Waals surface area contributed by atoms with Crippen molar-refractivity contribution in [1.82, 2.24) is 0 Å². The van der Waals surface area contributed by atoms with Gasteiger partial charge in [-0.3, -0.25) is 0 Å². The summed E-state index contributed by atoms with van der Waals surface area (Å²) in [4.78, 5) is 0. The van der Waals surface area contributed by atoms with Gasteiger partial charge in [0, 0.05) is 11.7 Å². The second-order valence-electron chi connectivity index (χ2n) is 4.67. The topological polar surface area (TPSA) is 12.0 Å². The van der Waals surface area contributed by atoms with Gasteiger partial charge in [-0.25, -0.2) is 0 Å². The Bertz CT molecular complexity index is 330. The van der Waals surface area contributed by atoms with E-state index in [1.807, 2.05) is 0 Å². The van der Waals surface area contributed by atoms with Gasteiger partial charge in [-0.05, 0) is 55.9 Å². The Balaban J connectivity index is 2.03. The van der Waals surface area contributed by atoms with Gasteiger partial charge in [0.05, 0.1) is 0 Å². The van der Waals surface area contributed by atoms with E-state index in [1.165, 1.54) is 37.8 Å². The Labute approximate surface area is 92.9 Å². The van der Waals surface area contributed by atoms with Gasteiger partial charge in [0.1, 0.15) is 0 Å². The van der Waals surface area contributed by atoms with Crippen LogP contribution in [0.2, 0.25) is 0 Å². The van der Waals surface area contributed by atoms with E-state index < -0.39 is 0 Å². The highest BCUT2D eigenvalue weighted by Gasteiger charge is 2.11. The van der Waals surface area contributed by atoms with Gasteiger partial charge in [0.2, 0.25) is 0 Å². The van der Waals surface area contributed by atoms with Crippen LogP contribution in [0.4, 0.5) is 5.69 Å². The molecule has 82 valence electrons. The van der Waals surface area contributed by atoms with Crippen molar-refractivity contribution in [2.24, 2.45) is 0 Å². The van der Waals surface area contributed by atoms with E-state index in [0.29, 0.717) is 6.04 Å². The number of hydrogen-bond donors (Lipinski definition) is 1. The summed E-state index contributed by atoms with van der Waals surface area (Å²) in [7, 11) is 0. The average Bonchev–Trinajstić information content (AvgIpc) is 2.65. The molecule has 2 rings (SSSR count). The summed E-state index contributed by atoms with van der Waals surface area (Å²) >= 11 is 0. The lowest BCUT2D eigenvalue weighted by molar-refractivity contribution is 0.690. The van der Waals surface area contributed by atoms with Crippen molar-refractivity contribution < 1.29 is 0 Å². The monoisotopic (exact) mass is 203 g/mol. The summed E-state index contributed by atoms with van der Waals surface area (Å²) in [6.45, 7) is 4.50. The Hall–Kier alpha value is -0.980. The molecule has 0 amide bonds. The Morgan fingerprint density at radius 2 is 2.07 bits per heavy atom. The molecule has 1 nitrogen and oxygen atoms in total. The molecule has 0 saturated carbocycles. The standard InChI is InChI=1S/C14H21N/c1-3-5-11(2)15-14-9-8-12-6-4-7-13(12)10-14/h8-11,15H,3-7H2,1-2H3. The molecule has 1 aliphatic carbocycles. The molecule has 1 atom stereocenters. The molecule has 0 bridgehead atoms. The third-order valence-electron chi connectivity index (χ3n) is 3.23. The first kappa shape index (κ1) is 10.5. The molecule has 0 aliphatic heterocycles. The van der Waals surface area contributed by atoms with Crippen molar-refractivity contribution in [2.45, 2.75) is 52.0 Å². The molecule has 1 unspecified atom stereocenters. The zero-order valence-electron chi connectivity index (χ0n) is 9.84. The summed E-state index contributed by atoms with van der Waals surface area (Å²) in [6, 6.07) is 7.46. The highest BCUT2D eigenvalue weighted by molar-refractivity contribution is 5.50. The van der Waals surface area contributed by atoms with Gasteiger partial charge >= 0.3 is 0 Å². The smallest absolute Gasteiger partial charge is 0.0345 e. The van der Waals surface area contributed by atoms with E-state index in [-0.39, 0.29) is 0 Å². The molecular weight excluding hydrogens is 182 g/mol. The second kappa shape index (κ2) is 4.69. The molecule has 1 N–H and O–H groups in total. The maximum absolute atomic E-state index is 3.57. The lowest BCUT2D eigenvalue weighted by Crippen LogP contribution is -2.14. The zero-order valence-corrected chi connectivity index (χ0v) is 9.84. The van der Waals surface area contributed by atoms with Crippen molar-refractivity contribution >= 4 is 5.69 Å². The number of hydrogen-bond acceptors (Lipinski definition) is 1. The molecule has 1 aromatic carbocycles. The summed E-state index contributed by atoms with van der Waals surface area (Å²) in [6.07, 6.45) is 6.38. The van der Waals surface area contributed by atoms with Crippen LogP contribution in [0.3, 0.4) is 0 Å². The first-order chi connectivity index (χ1) is 7.29. The molecule has 1 aliphatic rings. The van der Waals surface area contributed by atoms with E-state index >= 15 is 0 Å². The van der Waals surface area contributed by atoms with Crippen LogP contribution in [0, 0.1) is 0 Å². The minimum atomic E-state index is 0.592. The van der Waals surface area contributed by atoms with Gasteiger partial charge in [-0.2, -0.15) is 0 Å². The summed E-state index contributed by atoms with van der Waals surface area (Å²) < 4.78 is 0. The predicted octanol–water partition coefficient (Wildman–Crippen LogP) is 3.78. The van der Waals surface area contributed by atoms with Crippen LogP contribution in [0.1, 0.15) is 44.2 Å². The lowest BCUT2D eigenvalue weighted by atomic mass is 10.1. The third-order valence-corrected chi connectivity index (χ3v) is 3.23. The van der Waals surface area contributed by atoms with Crippen LogP contribution in [0.15, 0.2) is 18.2 Å². The van der Waals surface area contributed by atoms with E-state index in [0.717, 1.165) is 0 Å². The minimum absolute atomic E-state index is 0.592. The molecular formula is C14H21N. The van der Waals surface area contributed by atoms with E-state index in [9.17, 15) is 0 Å². The summed E-state index contributed by atoms with van der Waals surface area (Å²) in [5.74, 6) is 0. The normalized spacial score (nSPS) is 16.1. The maximum atomic E-state index is 3.57. The van der Waals surface area contributed by atoms with Crippen molar-refractivity contribution in [3.8, 4) is 0 Å². The number of fused-ring (bicyclic) bond motifs is 1. The quantitative estimate of drug-likeness (QED) is 0.785. The van der Waals surface area contributed by atoms with E-state index in [2.05, 4.69) is 37.4 Å². The number of nitrogens with one attached hydrogen (secondary N) is 1. The maximum Gasteiger partial charge on any atom is 0.0345 e. The fourth-order valence-corrected chi connectivity index (χ4v) is 2.45. The number of anilines is 1. The summed E-state index contributed by atoms with van der Waals surface area (Å²) in [5.41, 5.74) is 4.42. The molecule has 0 fully saturated rings. The second-order valence-corrected chi connectivity index (χ2v) is 4.67. The number of benzene rings is 1. The molecule has 0 heterocycles. The Morgan fingerprint density at radius 3 is 2.87 bits per heavy atom. The van der Waals surface area contributed by atoms with Crippen molar-refractivity contribution in [1.29, 1.82) is 0 Å². The van der Waals surface area contributed by atoms with Crippen LogP contribution < -0.4 is 5.32 Å². The van der Waals surface area contributed by atoms with Gasteiger partial charge in [-0.1, -0.05) is 19.4 Å². The molecule has 15 heavy (non-hydrogen) atoms. The lowest BCUT2D eigenvalue weighted by Gasteiger charge is -2.15. The van der Waals surface area contributed by atoms with E-state index in [1.54, 1.807) is 11.1 Å². The van der Waals surface area contributed by atoms with Gasteiger partial charge in [0.25, 0.3) is 0 Å². The van der Waals surface area contributed by atoms with Gasteiger partial charge < -0.3 is 5.32 Å². The molecule has 0 spiro atoms. The van der Waals surface area contributed by atoms with Crippen LogP contribution in [-0.4, -0.2) is 6.04 Å². The first-order valence-corrected chi connectivity index (χ1v) is 6.18. The molecule has 1 aromatic rings. The largest absolute Gasteiger partial charge is 0.383 e. The average molecular weight is 203 g/mol. The highest BCUT2D eigenvalue weighted by atomic mass is 14.9. The Morgan fingerprint density at radius 1 is 1.27 bits per heavy atom. The van der Waals surface area contributed by atoms with Crippen LogP contribution in [0.25, 0.3) is 0 Å². The number of aryl methyl sites for hydroxylation is 2. The fraction of sp³-hybridized carbons (Fsp3) is 0.571.